The number of thioether (sulfide) groups is 1. The smallest absolute Gasteiger partial charge is 0.412 e. The normalized spacial score (nSPS) is 14.8. The van der Waals surface area contributed by atoms with E-state index in [0.29, 0.717) is 16.7 Å². The van der Waals surface area contributed by atoms with Crippen LogP contribution in [0.4, 0.5) is 10.5 Å². The van der Waals surface area contributed by atoms with Gasteiger partial charge in [-0.3, -0.25) is 5.32 Å². The van der Waals surface area contributed by atoms with Gasteiger partial charge in [0.1, 0.15) is 11.4 Å². The van der Waals surface area contributed by atoms with Gasteiger partial charge in [-0.2, -0.15) is 0 Å². The number of carbonyl (C=O) groups excluding carboxylic acids is 1. The molecule has 4 nitrogen and oxygen atoms in total. The highest BCUT2D eigenvalue weighted by Crippen LogP contribution is 2.37. The first-order valence-corrected chi connectivity index (χ1v) is 10.9. The van der Waals surface area contributed by atoms with Crippen molar-refractivity contribution in [3.05, 3.63) is 52.0 Å². The monoisotopic (exact) mass is 439 g/mol. The van der Waals surface area contributed by atoms with Crippen LogP contribution in [0.5, 0.6) is 5.75 Å². The van der Waals surface area contributed by atoms with Crippen LogP contribution in [-0.2, 0) is 10.3 Å². The number of benzene rings is 2. The summed E-state index contributed by atoms with van der Waals surface area (Å²) >= 11 is 13.7. The number of nitrogens with one attached hydrogen (secondary N) is 1. The van der Waals surface area contributed by atoms with Crippen LogP contribution in [0.2, 0.25) is 10.0 Å². The second kappa shape index (κ2) is 9.29. The third-order valence-electron chi connectivity index (χ3n) is 4.44. The molecular weight excluding hydrogens is 417 g/mol. The number of cyclic esters (lactones) is 1. The van der Waals surface area contributed by atoms with Crippen molar-refractivity contribution in [3.8, 4) is 5.75 Å². The molecule has 0 saturated carbocycles. The second-order valence-electron chi connectivity index (χ2n) is 7.07. The molecule has 1 N–H and O–H groups in total. The number of ether oxygens (including phenoxy) is 2. The first-order chi connectivity index (χ1) is 13.3. The van der Waals surface area contributed by atoms with Crippen LogP contribution in [0.3, 0.4) is 0 Å². The van der Waals surface area contributed by atoms with E-state index in [9.17, 15) is 4.79 Å². The fourth-order valence-electron chi connectivity index (χ4n) is 2.97. The molecule has 3 rings (SSSR count). The number of hydrogen-bond donors (Lipinski definition) is 1. The Morgan fingerprint density at radius 1 is 1.07 bits per heavy atom. The van der Waals surface area contributed by atoms with E-state index in [-0.39, 0.29) is 0 Å². The molecular formula is C21H23Cl2NO3S. The van der Waals surface area contributed by atoms with Crippen LogP contribution in [-0.4, -0.2) is 18.5 Å². The SMILES string of the molecule is CC1(C)OC(=O)Nc2ccc(OCCCCCSc3ccc(Cl)c(Cl)c3)cc21. The summed E-state index contributed by atoms with van der Waals surface area (Å²) in [5, 5.41) is 3.90. The molecule has 2 aromatic rings. The summed E-state index contributed by atoms with van der Waals surface area (Å²) in [5.41, 5.74) is 1.02. The Balaban J connectivity index is 1.39. The van der Waals surface area contributed by atoms with Crippen LogP contribution in [0, 0.1) is 0 Å². The molecule has 0 atom stereocenters. The summed E-state index contributed by atoms with van der Waals surface area (Å²) < 4.78 is 11.2. The number of rotatable bonds is 8. The van der Waals surface area contributed by atoms with E-state index in [2.05, 4.69) is 5.32 Å². The zero-order valence-corrected chi connectivity index (χ0v) is 18.2. The number of carbonyl (C=O) groups is 1. The van der Waals surface area contributed by atoms with E-state index in [4.69, 9.17) is 32.7 Å². The van der Waals surface area contributed by atoms with Crippen LogP contribution >= 0.6 is 35.0 Å². The van der Waals surface area contributed by atoms with Crippen molar-refractivity contribution in [3.63, 3.8) is 0 Å². The molecule has 0 fully saturated rings. The third kappa shape index (κ3) is 5.49. The van der Waals surface area contributed by atoms with Crippen molar-refractivity contribution in [1.82, 2.24) is 0 Å². The molecule has 1 aliphatic rings. The minimum atomic E-state index is -0.668. The number of hydrogen-bond acceptors (Lipinski definition) is 4. The van der Waals surface area contributed by atoms with E-state index in [0.717, 1.165) is 46.9 Å². The molecule has 2 aromatic carbocycles. The second-order valence-corrected chi connectivity index (χ2v) is 9.05. The maximum Gasteiger partial charge on any atom is 0.412 e. The van der Waals surface area contributed by atoms with E-state index in [1.165, 1.54) is 0 Å². The van der Waals surface area contributed by atoms with Gasteiger partial charge < -0.3 is 9.47 Å². The Morgan fingerprint density at radius 3 is 2.68 bits per heavy atom. The fraction of sp³-hybridized carbons (Fsp3) is 0.381. The van der Waals surface area contributed by atoms with Crippen LogP contribution < -0.4 is 10.1 Å². The topological polar surface area (TPSA) is 47.6 Å². The largest absolute Gasteiger partial charge is 0.494 e. The summed E-state index contributed by atoms with van der Waals surface area (Å²) in [6, 6.07) is 11.4. The van der Waals surface area contributed by atoms with E-state index < -0.39 is 11.7 Å². The molecule has 28 heavy (non-hydrogen) atoms. The Kier molecular flexibility index (Phi) is 7.02. The van der Waals surface area contributed by atoms with Gasteiger partial charge >= 0.3 is 6.09 Å². The molecule has 0 spiro atoms. The van der Waals surface area contributed by atoms with Gasteiger partial charge in [0.15, 0.2) is 0 Å². The summed E-state index contributed by atoms with van der Waals surface area (Å²) in [4.78, 5) is 12.7. The Labute approximate surface area is 179 Å². The lowest BCUT2D eigenvalue weighted by atomic mass is 9.94. The molecule has 0 aliphatic carbocycles. The van der Waals surface area contributed by atoms with Gasteiger partial charge in [0.2, 0.25) is 0 Å². The molecule has 0 bridgehead atoms. The maximum absolute atomic E-state index is 11.6. The van der Waals surface area contributed by atoms with Crippen molar-refractivity contribution in [2.75, 3.05) is 17.7 Å². The summed E-state index contributed by atoms with van der Waals surface area (Å²) in [6.07, 6.45) is 2.75. The number of unbranched alkanes of at least 4 members (excludes halogenated alkanes) is 2. The minimum Gasteiger partial charge on any atom is -0.494 e. The molecule has 0 aromatic heterocycles. The summed E-state index contributed by atoms with van der Waals surface area (Å²) in [5.74, 6) is 1.82. The molecule has 7 heteroatoms. The zero-order chi connectivity index (χ0) is 20.1. The Bertz CT molecular complexity index is 858. The Morgan fingerprint density at radius 2 is 1.89 bits per heavy atom. The molecule has 0 radical (unpaired) electrons. The minimum absolute atomic E-state index is 0.426. The van der Waals surface area contributed by atoms with Crippen LogP contribution in [0.1, 0.15) is 38.7 Å². The highest BCUT2D eigenvalue weighted by Gasteiger charge is 2.33. The molecule has 0 saturated heterocycles. The first kappa shape index (κ1) is 21.2. The summed E-state index contributed by atoms with van der Waals surface area (Å²) in [7, 11) is 0. The molecule has 1 amide bonds. The van der Waals surface area contributed by atoms with E-state index in [1.54, 1.807) is 11.8 Å². The van der Waals surface area contributed by atoms with Gasteiger partial charge in [-0.25, -0.2) is 4.79 Å². The average Bonchev–Trinajstić information content (AvgIpc) is 2.63. The fourth-order valence-corrected chi connectivity index (χ4v) is 4.28. The van der Waals surface area contributed by atoms with Gasteiger partial charge in [-0.15, -0.1) is 11.8 Å². The standard InChI is InChI=1S/C21H23Cl2NO3S/c1-21(2)16-12-14(6-9-19(16)24-20(25)27-21)26-10-4-3-5-11-28-15-7-8-17(22)18(23)13-15/h6-9,12-13H,3-5,10-11H2,1-2H3,(H,24,25). The number of halogens is 2. The maximum atomic E-state index is 11.6. The van der Waals surface area contributed by atoms with Crippen LogP contribution in [0.25, 0.3) is 0 Å². The molecule has 150 valence electrons. The van der Waals surface area contributed by atoms with Gasteiger partial charge in [0.05, 0.1) is 22.3 Å². The van der Waals surface area contributed by atoms with Gasteiger partial charge in [-0.1, -0.05) is 23.2 Å². The first-order valence-electron chi connectivity index (χ1n) is 9.20. The average molecular weight is 440 g/mol. The van der Waals surface area contributed by atoms with E-state index >= 15 is 0 Å². The quantitative estimate of drug-likeness (QED) is 0.350. The van der Waals surface area contributed by atoms with Gasteiger partial charge in [-0.05, 0) is 75.3 Å². The van der Waals surface area contributed by atoms with E-state index in [1.807, 2.05) is 50.2 Å². The van der Waals surface area contributed by atoms with Crippen molar-refractivity contribution < 1.29 is 14.3 Å². The van der Waals surface area contributed by atoms with Gasteiger partial charge in [0, 0.05) is 10.5 Å². The molecule has 1 heterocycles. The molecule has 0 unspecified atom stereocenters. The lowest BCUT2D eigenvalue weighted by molar-refractivity contribution is 0.0418. The lowest BCUT2D eigenvalue weighted by Gasteiger charge is -2.32. The van der Waals surface area contributed by atoms with Crippen molar-refractivity contribution >= 4 is 46.7 Å². The highest BCUT2D eigenvalue weighted by atomic mass is 35.5. The zero-order valence-electron chi connectivity index (χ0n) is 15.9. The molecule has 1 aliphatic heterocycles. The van der Waals surface area contributed by atoms with Crippen molar-refractivity contribution in [2.45, 2.75) is 43.6 Å². The number of anilines is 1. The predicted octanol–water partition coefficient (Wildman–Crippen LogP) is 7.13. The van der Waals surface area contributed by atoms with Gasteiger partial charge in [0.25, 0.3) is 0 Å². The highest BCUT2D eigenvalue weighted by molar-refractivity contribution is 7.99. The van der Waals surface area contributed by atoms with Crippen molar-refractivity contribution in [1.29, 1.82) is 0 Å². The number of amides is 1. The lowest BCUT2D eigenvalue weighted by Crippen LogP contribution is -2.34. The van der Waals surface area contributed by atoms with Crippen molar-refractivity contribution in [2.24, 2.45) is 0 Å². The summed E-state index contributed by atoms with van der Waals surface area (Å²) in [6.45, 7) is 4.41. The number of fused-ring (bicyclic) bond motifs is 1. The van der Waals surface area contributed by atoms with Crippen LogP contribution in [0.15, 0.2) is 41.3 Å². The Hall–Kier alpha value is -1.56. The predicted molar refractivity (Wildman–Crippen MR) is 116 cm³/mol. The third-order valence-corrected chi connectivity index (χ3v) is 6.26.